The number of nitrogens with one attached hydrogen (secondary N) is 1. The molecule has 0 amide bonds. The van der Waals surface area contributed by atoms with Gasteiger partial charge in [-0.15, -0.1) is 11.3 Å². The molecule has 0 spiro atoms. The first-order valence-corrected chi connectivity index (χ1v) is 7.39. The van der Waals surface area contributed by atoms with Crippen LogP contribution in [0.4, 0.5) is 5.13 Å². The molecule has 0 aromatic carbocycles. The van der Waals surface area contributed by atoms with Gasteiger partial charge < -0.3 is 15.0 Å². The first kappa shape index (κ1) is 13.8. The number of rotatable bonds is 4. The molecule has 18 heavy (non-hydrogen) atoms. The van der Waals surface area contributed by atoms with Crippen molar-refractivity contribution in [2.45, 2.75) is 38.8 Å². The summed E-state index contributed by atoms with van der Waals surface area (Å²) in [5.41, 5.74) is 1.15. The number of anilines is 1. The molecule has 1 aromatic heterocycles. The van der Waals surface area contributed by atoms with Crippen LogP contribution in [-0.4, -0.2) is 38.3 Å². The largest absolute Gasteiger partial charge is 0.380 e. The van der Waals surface area contributed by atoms with E-state index >= 15 is 0 Å². The Hall–Kier alpha value is -0.650. The van der Waals surface area contributed by atoms with Crippen molar-refractivity contribution < 1.29 is 4.74 Å². The summed E-state index contributed by atoms with van der Waals surface area (Å²) in [4.78, 5) is 8.42. The van der Waals surface area contributed by atoms with E-state index in [2.05, 4.69) is 24.1 Å². The number of nitrogens with zero attached hydrogens (tertiary/aromatic N) is 2. The molecule has 1 N–H and O–H groups in total. The topological polar surface area (TPSA) is 37.4 Å². The van der Waals surface area contributed by atoms with Crippen molar-refractivity contribution in [2.24, 2.45) is 0 Å². The van der Waals surface area contributed by atoms with E-state index in [-0.39, 0.29) is 0 Å². The van der Waals surface area contributed by atoms with Crippen LogP contribution in [0.2, 0.25) is 0 Å². The molecule has 5 heteroatoms. The first-order chi connectivity index (χ1) is 8.65. The number of thiazole rings is 1. The number of aryl methyl sites for hydroxylation is 1. The van der Waals surface area contributed by atoms with Crippen molar-refractivity contribution in [2.75, 3.05) is 32.1 Å². The number of aromatic nitrogens is 1. The minimum absolute atomic E-state index is 0.355. The van der Waals surface area contributed by atoms with Gasteiger partial charge in [-0.25, -0.2) is 4.98 Å². The van der Waals surface area contributed by atoms with E-state index in [4.69, 9.17) is 9.72 Å². The molecular formula is C13H23N3OS. The number of piperidine rings is 1. The maximum Gasteiger partial charge on any atom is 0.185 e. The van der Waals surface area contributed by atoms with Gasteiger partial charge >= 0.3 is 0 Å². The zero-order valence-electron chi connectivity index (χ0n) is 11.7. The van der Waals surface area contributed by atoms with Crippen molar-refractivity contribution in [1.82, 2.24) is 10.3 Å². The third-order valence-corrected chi connectivity index (χ3v) is 5.03. The molecule has 2 heterocycles. The number of hydrogen-bond acceptors (Lipinski definition) is 5. The van der Waals surface area contributed by atoms with E-state index in [0.29, 0.717) is 12.1 Å². The Kier molecular flexibility index (Phi) is 4.59. The molecule has 1 saturated heterocycles. The van der Waals surface area contributed by atoms with E-state index in [9.17, 15) is 0 Å². The van der Waals surface area contributed by atoms with Crippen LogP contribution in [0.25, 0.3) is 0 Å². The molecule has 1 aliphatic rings. The highest BCUT2D eigenvalue weighted by atomic mass is 32.1. The zero-order valence-corrected chi connectivity index (χ0v) is 12.5. The molecule has 0 radical (unpaired) electrons. The monoisotopic (exact) mass is 269 g/mol. The van der Waals surface area contributed by atoms with E-state index in [0.717, 1.165) is 30.3 Å². The summed E-state index contributed by atoms with van der Waals surface area (Å²) in [6.45, 7) is 6.34. The Morgan fingerprint density at radius 1 is 1.56 bits per heavy atom. The molecule has 4 nitrogen and oxygen atoms in total. The zero-order chi connectivity index (χ0) is 13.1. The van der Waals surface area contributed by atoms with Crippen LogP contribution >= 0.6 is 11.3 Å². The first-order valence-electron chi connectivity index (χ1n) is 6.58. The summed E-state index contributed by atoms with van der Waals surface area (Å²) >= 11 is 1.81. The van der Waals surface area contributed by atoms with Crippen LogP contribution in [-0.2, 0) is 4.74 Å². The smallest absolute Gasteiger partial charge is 0.185 e. The lowest BCUT2D eigenvalue weighted by molar-refractivity contribution is 0.0893. The summed E-state index contributed by atoms with van der Waals surface area (Å²) in [7, 11) is 3.79. The van der Waals surface area contributed by atoms with Crippen LogP contribution in [0.5, 0.6) is 0 Å². The highest BCUT2D eigenvalue weighted by molar-refractivity contribution is 7.15. The lowest BCUT2D eigenvalue weighted by atomic mass is 10.1. The molecule has 2 rings (SSSR count). The molecule has 102 valence electrons. The minimum atomic E-state index is 0.355. The van der Waals surface area contributed by atoms with Gasteiger partial charge in [0.05, 0.1) is 11.8 Å². The molecule has 0 bridgehead atoms. The fourth-order valence-electron chi connectivity index (χ4n) is 2.37. The highest BCUT2D eigenvalue weighted by Gasteiger charge is 2.23. The van der Waals surface area contributed by atoms with Gasteiger partial charge in [0.25, 0.3) is 0 Å². The summed E-state index contributed by atoms with van der Waals surface area (Å²) in [6, 6.07) is 0.374. The molecule has 0 saturated carbocycles. The highest BCUT2D eigenvalue weighted by Crippen LogP contribution is 2.32. The molecule has 2 atom stereocenters. The summed E-state index contributed by atoms with van der Waals surface area (Å²) in [6.07, 6.45) is 2.71. The Balaban J connectivity index is 2.13. The Morgan fingerprint density at radius 2 is 2.33 bits per heavy atom. The van der Waals surface area contributed by atoms with Gasteiger partial charge in [-0.05, 0) is 33.7 Å². The maximum atomic E-state index is 5.47. The molecular weight excluding hydrogens is 246 g/mol. The van der Waals surface area contributed by atoms with Gasteiger partial charge in [0.15, 0.2) is 5.13 Å². The third-order valence-electron chi connectivity index (χ3n) is 3.63. The van der Waals surface area contributed by atoms with Crippen molar-refractivity contribution in [1.29, 1.82) is 0 Å². The predicted molar refractivity (Wildman–Crippen MR) is 76.6 cm³/mol. The van der Waals surface area contributed by atoms with E-state index in [1.165, 1.54) is 11.3 Å². The fourth-order valence-corrected chi connectivity index (χ4v) is 3.53. The predicted octanol–water partition coefficient (Wildman–Crippen LogP) is 2.35. The normalized spacial score (nSPS) is 22.2. The van der Waals surface area contributed by atoms with Crippen molar-refractivity contribution in [3.05, 3.63) is 10.6 Å². The lowest BCUT2D eigenvalue weighted by Gasteiger charge is -2.31. The van der Waals surface area contributed by atoms with Crippen LogP contribution in [0.3, 0.4) is 0 Å². The van der Waals surface area contributed by atoms with Crippen molar-refractivity contribution in [3.8, 4) is 0 Å². The molecule has 2 unspecified atom stereocenters. The van der Waals surface area contributed by atoms with Gasteiger partial charge in [0.2, 0.25) is 0 Å². The summed E-state index contributed by atoms with van der Waals surface area (Å²) < 4.78 is 5.47. The lowest BCUT2D eigenvalue weighted by Crippen LogP contribution is -2.39. The van der Waals surface area contributed by atoms with Gasteiger partial charge in [-0.2, -0.15) is 0 Å². The average molecular weight is 269 g/mol. The van der Waals surface area contributed by atoms with Gasteiger partial charge in [-0.3, -0.25) is 0 Å². The van der Waals surface area contributed by atoms with Crippen LogP contribution in [0.1, 0.15) is 36.4 Å². The number of ether oxygens (including phenoxy) is 1. The Bertz CT molecular complexity index is 394. The van der Waals surface area contributed by atoms with Gasteiger partial charge in [0.1, 0.15) is 0 Å². The van der Waals surface area contributed by atoms with Gasteiger partial charge in [0, 0.05) is 31.1 Å². The minimum Gasteiger partial charge on any atom is -0.380 e. The van der Waals surface area contributed by atoms with Gasteiger partial charge in [-0.1, -0.05) is 0 Å². The molecule has 1 aliphatic heterocycles. The summed E-state index contributed by atoms with van der Waals surface area (Å²) in [5, 5.41) is 4.43. The van der Waals surface area contributed by atoms with E-state index in [1.54, 1.807) is 7.11 Å². The summed E-state index contributed by atoms with van der Waals surface area (Å²) in [5.74, 6) is 0. The average Bonchev–Trinajstić information content (AvgIpc) is 2.80. The quantitative estimate of drug-likeness (QED) is 0.910. The second kappa shape index (κ2) is 5.99. The molecule has 1 aromatic rings. The second-order valence-electron chi connectivity index (χ2n) is 4.90. The van der Waals surface area contributed by atoms with Crippen molar-refractivity contribution in [3.63, 3.8) is 0 Å². The Labute approximate surface area is 113 Å². The van der Waals surface area contributed by atoms with E-state index in [1.807, 2.05) is 18.4 Å². The van der Waals surface area contributed by atoms with Crippen LogP contribution < -0.4 is 10.2 Å². The van der Waals surface area contributed by atoms with E-state index < -0.39 is 0 Å². The standard InChI is InChI=1S/C13H23N3OS/c1-9(14-3)12-10(2)15-13(18-12)16-7-5-6-11(8-16)17-4/h9,11,14H,5-8H2,1-4H3. The van der Waals surface area contributed by atoms with Crippen LogP contribution in [0.15, 0.2) is 0 Å². The van der Waals surface area contributed by atoms with Crippen molar-refractivity contribution >= 4 is 16.5 Å². The second-order valence-corrected chi connectivity index (χ2v) is 5.91. The van der Waals surface area contributed by atoms with Crippen LogP contribution in [0, 0.1) is 6.92 Å². The number of methoxy groups -OCH3 is 1. The molecule has 0 aliphatic carbocycles. The number of hydrogen-bond donors (Lipinski definition) is 1. The molecule has 1 fully saturated rings. The SMILES string of the molecule is CNC(C)c1sc(N2CCCC(OC)C2)nc1C. The maximum absolute atomic E-state index is 5.47. The Morgan fingerprint density at radius 3 is 3.00 bits per heavy atom. The fraction of sp³-hybridized carbons (Fsp3) is 0.769. The third kappa shape index (κ3) is 2.84.